The molecule has 0 atom stereocenters. The smallest absolute Gasteiger partial charge is 0.267 e. The Bertz CT molecular complexity index is 704. The summed E-state index contributed by atoms with van der Waals surface area (Å²) in [6.45, 7) is 1.68. The molecular formula is C14H12F3N3O. The van der Waals surface area contributed by atoms with Crippen LogP contribution in [0.25, 0.3) is 0 Å². The number of carbonyl (C=O) groups is 1. The second-order valence-corrected chi connectivity index (χ2v) is 4.37. The first kappa shape index (κ1) is 14.9. The fourth-order valence-electron chi connectivity index (χ4n) is 1.80. The molecule has 0 fully saturated rings. The van der Waals surface area contributed by atoms with E-state index in [1.807, 2.05) is 5.43 Å². The van der Waals surface area contributed by atoms with Crippen LogP contribution in [0.3, 0.4) is 0 Å². The third kappa shape index (κ3) is 2.97. The maximum Gasteiger partial charge on any atom is 0.267 e. The summed E-state index contributed by atoms with van der Waals surface area (Å²) >= 11 is 0. The maximum absolute atomic E-state index is 13.9. The summed E-state index contributed by atoms with van der Waals surface area (Å²) in [5.41, 5.74) is 1.67. The lowest BCUT2D eigenvalue weighted by Crippen LogP contribution is -2.30. The Morgan fingerprint density at radius 3 is 2.43 bits per heavy atom. The van der Waals surface area contributed by atoms with Crippen molar-refractivity contribution in [3.63, 3.8) is 0 Å². The first-order valence-corrected chi connectivity index (χ1v) is 5.96. The Labute approximate surface area is 118 Å². The monoisotopic (exact) mass is 295 g/mol. The number of benzene rings is 2. The standard InChI is InChI=1S/C14H12F3N3O/c1-7-2-5-11(10(16)6-7)19-13-8(14(21)20-18)3-4-9(15)12(13)17/h2-6,19H,18H2,1H3,(H,20,21). The third-order valence-corrected chi connectivity index (χ3v) is 2.85. The predicted octanol–water partition coefficient (Wildman–Crippen LogP) is 2.76. The molecule has 0 bridgehead atoms. The molecule has 2 aromatic rings. The molecule has 0 radical (unpaired) electrons. The number of aryl methyl sites for hydroxylation is 1. The van der Waals surface area contributed by atoms with Gasteiger partial charge in [0.2, 0.25) is 0 Å². The van der Waals surface area contributed by atoms with Crippen LogP contribution >= 0.6 is 0 Å². The molecule has 2 aromatic carbocycles. The largest absolute Gasteiger partial charge is 0.350 e. The van der Waals surface area contributed by atoms with E-state index < -0.39 is 29.0 Å². The van der Waals surface area contributed by atoms with Crippen LogP contribution in [0.15, 0.2) is 30.3 Å². The van der Waals surface area contributed by atoms with E-state index in [1.54, 1.807) is 13.0 Å². The number of carbonyl (C=O) groups excluding carboxylic acids is 1. The van der Waals surface area contributed by atoms with Gasteiger partial charge in [0.05, 0.1) is 16.9 Å². The molecule has 1 amide bonds. The summed E-state index contributed by atoms with van der Waals surface area (Å²) in [6, 6.07) is 6.01. The van der Waals surface area contributed by atoms with Crippen molar-refractivity contribution in [3.05, 3.63) is 58.9 Å². The molecule has 0 saturated heterocycles. The number of nitrogen functional groups attached to an aromatic ring is 1. The predicted molar refractivity (Wildman–Crippen MR) is 72.4 cm³/mol. The Morgan fingerprint density at radius 1 is 1.10 bits per heavy atom. The van der Waals surface area contributed by atoms with E-state index in [0.717, 1.165) is 12.1 Å². The normalized spacial score (nSPS) is 10.3. The van der Waals surface area contributed by atoms with E-state index >= 15 is 0 Å². The van der Waals surface area contributed by atoms with Crippen molar-refractivity contribution in [1.82, 2.24) is 5.43 Å². The molecule has 4 N–H and O–H groups in total. The number of hydrogen-bond acceptors (Lipinski definition) is 3. The topological polar surface area (TPSA) is 67.2 Å². The van der Waals surface area contributed by atoms with Gasteiger partial charge in [-0.2, -0.15) is 0 Å². The molecule has 0 spiro atoms. The molecule has 21 heavy (non-hydrogen) atoms. The number of hydrogen-bond donors (Lipinski definition) is 3. The number of nitrogens with one attached hydrogen (secondary N) is 2. The lowest BCUT2D eigenvalue weighted by atomic mass is 10.1. The minimum atomic E-state index is -1.30. The maximum atomic E-state index is 13.9. The van der Waals surface area contributed by atoms with Crippen LogP contribution in [0.4, 0.5) is 24.5 Å². The van der Waals surface area contributed by atoms with Gasteiger partial charge in [-0.25, -0.2) is 19.0 Å². The summed E-state index contributed by atoms with van der Waals surface area (Å²) < 4.78 is 41.0. The van der Waals surface area contributed by atoms with Gasteiger partial charge in [0.15, 0.2) is 11.6 Å². The van der Waals surface area contributed by atoms with E-state index in [0.29, 0.717) is 5.56 Å². The van der Waals surface area contributed by atoms with Gasteiger partial charge in [0, 0.05) is 0 Å². The van der Waals surface area contributed by atoms with E-state index in [1.165, 1.54) is 12.1 Å². The number of nitrogens with two attached hydrogens (primary N) is 1. The highest BCUT2D eigenvalue weighted by Gasteiger charge is 2.19. The highest BCUT2D eigenvalue weighted by Crippen LogP contribution is 2.28. The summed E-state index contributed by atoms with van der Waals surface area (Å²) in [5.74, 6) is 1.04. The highest BCUT2D eigenvalue weighted by atomic mass is 19.2. The molecule has 0 aliphatic carbocycles. The Hall–Kier alpha value is -2.54. The number of anilines is 2. The van der Waals surface area contributed by atoms with Crippen molar-refractivity contribution in [3.8, 4) is 0 Å². The fraction of sp³-hybridized carbons (Fsp3) is 0.0714. The molecule has 4 nitrogen and oxygen atoms in total. The molecule has 0 unspecified atom stereocenters. The van der Waals surface area contributed by atoms with Gasteiger partial charge in [0.1, 0.15) is 5.82 Å². The third-order valence-electron chi connectivity index (χ3n) is 2.85. The first-order valence-electron chi connectivity index (χ1n) is 5.96. The highest BCUT2D eigenvalue weighted by molar-refractivity contribution is 6.00. The second kappa shape index (κ2) is 5.84. The average molecular weight is 295 g/mol. The van der Waals surface area contributed by atoms with Crippen LogP contribution in [0.5, 0.6) is 0 Å². The van der Waals surface area contributed by atoms with E-state index in [2.05, 4.69) is 5.32 Å². The first-order chi connectivity index (χ1) is 9.93. The quantitative estimate of drug-likeness (QED) is 0.463. The second-order valence-electron chi connectivity index (χ2n) is 4.37. The van der Waals surface area contributed by atoms with Crippen molar-refractivity contribution in [2.75, 3.05) is 5.32 Å². The van der Waals surface area contributed by atoms with Crippen LogP contribution < -0.4 is 16.6 Å². The Kier molecular flexibility index (Phi) is 4.13. The molecular weight excluding hydrogens is 283 g/mol. The van der Waals surface area contributed by atoms with E-state index in [4.69, 9.17) is 5.84 Å². The van der Waals surface area contributed by atoms with Crippen molar-refractivity contribution in [2.24, 2.45) is 5.84 Å². The Balaban J connectivity index is 2.51. The molecule has 0 aromatic heterocycles. The SMILES string of the molecule is Cc1ccc(Nc2c(C(=O)NN)ccc(F)c2F)c(F)c1. The lowest BCUT2D eigenvalue weighted by molar-refractivity contribution is 0.0954. The Morgan fingerprint density at radius 2 is 1.81 bits per heavy atom. The van der Waals surface area contributed by atoms with Gasteiger partial charge in [-0.15, -0.1) is 0 Å². The summed E-state index contributed by atoms with van der Waals surface area (Å²) in [5, 5.41) is 2.39. The van der Waals surface area contributed by atoms with Gasteiger partial charge in [-0.3, -0.25) is 10.2 Å². The average Bonchev–Trinajstić information content (AvgIpc) is 2.45. The van der Waals surface area contributed by atoms with Crippen molar-refractivity contribution in [2.45, 2.75) is 6.92 Å². The van der Waals surface area contributed by atoms with Crippen LogP contribution in [-0.4, -0.2) is 5.91 Å². The van der Waals surface area contributed by atoms with Gasteiger partial charge in [-0.1, -0.05) is 6.07 Å². The molecule has 0 heterocycles. The summed E-state index contributed by atoms with van der Waals surface area (Å²) in [6.07, 6.45) is 0. The van der Waals surface area contributed by atoms with Gasteiger partial charge in [0.25, 0.3) is 5.91 Å². The van der Waals surface area contributed by atoms with Crippen molar-refractivity contribution >= 4 is 17.3 Å². The van der Waals surface area contributed by atoms with Gasteiger partial charge < -0.3 is 5.32 Å². The zero-order valence-corrected chi connectivity index (χ0v) is 11.0. The van der Waals surface area contributed by atoms with Gasteiger partial charge >= 0.3 is 0 Å². The number of amides is 1. The van der Waals surface area contributed by atoms with Crippen LogP contribution in [-0.2, 0) is 0 Å². The molecule has 110 valence electrons. The summed E-state index contributed by atoms with van der Waals surface area (Å²) in [4.78, 5) is 11.6. The minimum Gasteiger partial charge on any atom is -0.350 e. The number of rotatable bonds is 3. The summed E-state index contributed by atoms with van der Waals surface area (Å²) in [7, 11) is 0. The molecule has 0 aliphatic rings. The zero-order chi connectivity index (χ0) is 15.6. The fourth-order valence-corrected chi connectivity index (χ4v) is 1.80. The number of halogens is 3. The minimum absolute atomic E-state index is 0.0869. The van der Waals surface area contributed by atoms with Crippen LogP contribution in [0, 0.1) is 24.4 Å². The van der Waals surface area contributed by atoms with Crippen LogP contribution in [0.1, 0.15) is 15.9 Å². The van der Waals surface area contributed by atoms with E-state index in [-0.39, 0.29) is 11.3 Å². The lowest BCUT2D eigenvalue weighted by Gasteiger charge is -2.13. The zero-order valence-electron chi connectivity index (χ0n) is 11.0. The van der Waals surface area contributed by atoms with Crippen molar-refractivity contribution in [1.29, 1.82) is 0 Å². The van der Waals surface area contributed by atoms with Crippen LogP contribution in [0.2, 0.25) is 0 Å². The molecule has 7 heteroatoms. The molecule has 0 aliphatic heterocycles. The number of hydrazine groups is 1. The van der Waals surface area contributed by atoms with Gasteiger partial charge in [-0.05, 0) is 36.8 Å². The molecule has 0 saturated carbocycles. The molecule has 2 rings (SSSR count). The van der Waals surface area contributed by atoms with Crippen molar-refractivity contribution < 1.29 is 18.0 Å². The van der Waals surface area contributed by atoms with E-state index in [9.17, 15) is 18.0 Å².